The minimum absolute atomic E-state index is 0.00603. The number of aryl methyl sites for hydroxylation is 1. The standard InChI is InChI=1S/C42H24ClF3N2O9S2/c1-18-10-23(26(45)14-24(18)43)38-34(42(53)54)28(17-59-38)48-40(50)32-13-21-11-19(6-9-30(21)57-32)15-55-36-25(44)8-7-22(35(36)46)37-33(41(51)52)27(16-58-37)47-39(49)31-12-20-4-2-3-5-29(20)56-31/h2-14,16-17H,15H2,1H3,(H,47,49)(H,48,50)(H,51,52)(H,53,54). The highest BCUT2D eigenvalue weighted by Gasteiger charge is 2.28. The third kappa shape index (κ3) is 7.40. The number of thiophene rings is 2. The minimum Gasteiger partial charge on any atom is -0.483 e. The monoisotopic (exact) mass is 856 g/mol. The first kappa shape index (κ1) is 39.0. The lowest BCUT2D eigenvalue weighted by atomic mass is 10.1. The van der Waals surface area contributed by atoms with Crippen molar-refractivity contribution in [1.29, 1.82) is 0 Å². The Hall–Kier alpha value is -6.88. The van der Waals surface area contributed by atoms with E-state index in [4.69, 9.17) is 25.2 Å². The van der Waals surface area contributed by atoms with Crippen LogP contribution in [0, 0.1) is 24.4 Å². The summed E-state index contributed by atoms with van der Waals surface area (Å²) in [5, 5.41) is 29.0. The van der Waals surface area contributed by atoms with Gasteiger partial charge in [-0.2, -0.15) is 0 Å². The molecule has 0 aliphatic heterocycles. The van der Waals surface area contributed by atoms with Gasteiger partial charge in [-0.05, 0) is 72.6 Å². The summed E-state index contributed by atoms with van der Waals surface area (Å²) in [6.07, 6.45) is 0. The second-order valence-electron chi connectivity index (χ2n) is 13.0. The Morgan fingerprint density at radius 1 is 0.712 bits per heavy atom. The number of ether oxygens (including phenoxy) is 1. The number of carbonyl (C=O) groups is 4. The van der Waals surface area contributed by atoms with Gasteiger partial charge in [-0.25, -0.2) is 22.8 Å². The van der Waals surface area contributed by atoms with Crippen LogP contribution in [0.3, 0.4) is 0 Å². The molecule has 0 saturated heterocycles. The molecule has 2 amide bonds. The molecule has 4 aromatic heterocycles. The van der Waals surface area contributed by atoms with Crippen molar-refractivity contribution in [2.24, 2.45) is 0 Å². The van der Waals surface area contributed by atoms with Crippen LogP contribution in [0.25, 0.3) is 42.8 Å². The van der Waals surface area contributed by atoms with E-state index in [0.717, 1.165) is 40.9 Å². The van der Waals surface area contributed by atoms with Gasteiger partial charge in [-0.15, -0.1) is 22.7 Å². The molecule has 4 heterocycles. The molecule has 8 rings (SSSR count). The lowest BCUT2D eigenvalue weighted by molar-refractivity contribution is 0.0688. The molecule has 0 fully saturated rings. The van der Waals surface area contributed by atoms with Crippen molar-refractivity contribution < 1.29 is 56.1 Å². The van der Waals surface area contributed by atoms with Gasteiger partial charge in [0.05, 0.1) is 21.1 Å². The number of hydrogen-bond donors (Lipinski definition) is 4. The predicted molar refractivity (Wildman–Crippen MR) is 216 cm³/mol. The molecule has 0 bridgehead atoms. The van der Waals surface area contributed by atoms with Crippen LogP contribution < -0.4 is 15.4 Å². The number of benzene rings is 4. The number of furan rings is 2. The van der Waals surface area contributed by atoms with Crippen LogP contribution in [0.5, 0.6) is 5.75 Å². The first-order valence-corrected chi connectivity index (χ1v) is 19.3. The molecule has 4 aromatic carbocycles. The van der Waals surface area contributed by atoms with Crippen LogP contribution >= 0.6 is 34.3 Å². The molecule has 0 aliphatic rings. The zero-order valence-electron chi connectivity index (χ0n) is 29.9. The van der Waals surface area contributed by atoms with Gasteiger partial charge in [-0.3, -0.25) is 9.59 Å². The van der Waals surface area contributed by atoms with E-state index in [9.17, 15) is 33.8 Å². The van der Waals surface area contributed by atoms with E-state index in [1.165, 1.54) is 41.1 Å². The van der Waals surface area contributed by atoms with Crippen molar-refractivity contribution >= 4 is 91.3 Å². The number of carboxylic acid groups (broad SMARTS) is 2. The van der Waals surface area contributed by atoms with Crippen molar-refractivity contribution in [1.82, 2.24) is 0 Å². The Labute approximate surface area is 342 Å². The van der Waals surface area contributed by atoms with Gasteiger partial charge in [0, 0.05) is 37.7 Å². The Bertz CT molecular complexity index is 3010. The van der Waals surface area contributed by atoms with E-state index >= 15 is 8.78 Å². The highest BCUT2D eigenvalue weighted by atomic mass is 35.5. The van der Waals surface area contributed by atoms with Gasteiger partial charge < -0.3 is 34.4 Å². The molecule has 4 N–H and O–H groups in total. The number of halogens is 4. The van der Waals surface area contributed by atoms with Crippen LogP contribution in [0.2, 0.25) is 5.02 Å². The van der Waals surface area contributed by atoms with Crippen LogP contribution in [0.15, 0.2) is 98.5 Å². The molecule has 11 nitrogen and oxygen atoms in total. The summed E-state index contributed by atoms with van der Waals surface area (Å²) in [7, 11) is 0. The summed E-state index contributed by atoms with van der Waals surface area (Å²) < 4.78 is 62.7. The Morgan fingerprint density at radius 3 is 1.93 bits per heavy atom. The molecule has 0 spiro atoms. The predicted octanol–water partition coefficient (Wildman–Crippen LogP) is 11.5. The van der Waals surface area contributed by atoms with E-state index in [-0.39, 0.29) is 66.6 Å². The molecule has 0 unspecified atom stereocenters. The van der Waals surface area contributed by atoms with Crippen LogP contribution in [-0.2, 0) is 6.61 Å². The highest BCUT2D eigenvalue weighted by Crippen LogP contribution is 2.42. The second-order valence-corrected chi connectivity index (χ2v) is 15.1. The van der Waals surface area contributed by atoms with E-state index < -0.39 is 52.5 Å². The second kappa shape index (κ2) is 15.5. The Kier molecular flexibility index (Phi) is 10.2. The maximum absolute atomic E-state index is 16.0. The number of aromatic carboxylic acids is 2. The zero-order chi connectivity index (χ0) is 41.7. The van der Waals surface area contributed by atoms with E-state index in [2.05, 4.69) is 10.6 Å². The number of para-hydroxylation sites is 1. The number of fused-ring (bicyclic) bond motifs is 2. The summed E-state index contributed by atoms with van der Waals surface area (Å²) in [5.41, 5.74) is 0.397. The summed E-state index contributed by atoms with van der Waals surface area (Å²) >= 11 is 7.75. The fourth-order valence-corrected chi connectivity index (χ4v) is 8.48. The smallest absolute Gasteiger partial charge is 0.339 e. The lowest BCUT2D eigenvalue weighted by Gasteiger charge is -2.12. The van der Waals surface area contributed by atoms with Crippen molar-refractivity contribution in [3.05, 3.63) is 146 Å². The topological polar surface area (TPSA) is 168 Å². The third-order valence-corrected chi connectivity index (χ3v) is 11.6. The van der Waals surface area contributed by atoms with Crippen molar-refractivity contribution in [3.63, 3.8) is 0 Å². The SMILES string of the molecule is Cc1cc(-c2scc(NC(=O)c3cc4cc(COc5c(F)ccc(-c6scc(NC(=O)c7cc8ccccc8o7)c6C(=O)O)c5F)ccc4o3)c2C(=O)O)c(F)cc1Cl. The molecular formula is C42H24ClF3N2O9S2. The average molecular weight is 857 g/mol. The molecule has 0 atom stereocenters. The Balaban J connectivity index is 0.997. The minimum atomic E-state index is -1.47. The summed E-state index contributed by atoms with van der Waals surface area (Å²) in [5.74, 6) is -8.43. The zero-order valence-corrected chi connectivity index (χ0v) is 32.3. The molecule has 17 heteroatoms. The quantitative estimate of drug-likeness (QED) is 0.0989. The van der Waals surface area contributed by atoms with E-state index in [1.54, 1.807) is 37.3 Å². The fourth-order valence-electron chi connectivity index (χ4n) is 6.30. The molecule has 296 valence electrons. The Morgan fingerprint density at radius 2 is 1.31 bits per heavy atom. The first-order chi connectivity index (χ1) is 28.3. The highest BCUT2D eigenvalue weighted by molar-refractivity contribution is 7.15. The third-order valence-electron chi connectivity index (χ3n) is 9.13. The molecule has 8 aromatic rings. The van der Waals surface area contributed by atoms with Gasteiger partial charge in [0.15, 0.2) is 28.9 Å². The summed E-state index contributed by atoms with van der Waals surface area (Å²) in [6, 6.07) is 18.8. The maximum atomic E-state index is 16.0. The number of carboxylic acids is 2. The van der Waals surface area contributed by atoms with E-state index in [0.29, 0.717) is 27.5 Å². The number of hydrogen-bond acceptors (Lipinski definition) is 9. The van der Waals surface area contributed by atoms with Crippen LogP contribution in [-0.4, -0.2) is 34.0 Å². The molecule has 0 radical (unpaired) electrons. The molecule has 0 aliphatic carbocycles. The molecule has 59 heavy (non-hydrogen) atoms. The number of carbonyl (C=O) groups excluding carboxylic acids is 2. The molecular weight excluding hydrogens is 833 g/mol. The molecule has 0 saturated carbocycles. The van der Waals surface area contributed by atoms with Crippen molar-refractivity contribution in [2.75, 3.05) is 10.6 Å². The maximum Gasteiger partial charge on any atom is 0.339 e. The summed E-state index contributed by atoms with van der Waals surface area (Å²) in [6.45, 7) is 1.28. The van der Waals surface area contributed by atoms with Gasteiger partial charge >= 0.3 is 11.9 Å². The fraction of sp³-hybridized carbons (Fsp3) is 0.0476. The largest absolute Gasteiger partial charge is 0.483 e. The number of rotatable bonds is 11. The van der Waals surface area contributed by atoms with Gasteiger partial charge in [0.25, 0.3) is 11.8 Å². The average Bonchev–Trinajstić information content (AvgIpc) is 4.01. The number of nitrogens with one attached hydrogen (secondary N) is 2. The van der Waals surface area contributed by atoms with Crippen LogP contribution in [0.4, 0.5) is 24.5 Å². The normalized spacial score (nSPS) is 11.3. The number of anilines is 2. The first-order valence-electron chi connectivity index (χ1n) is 17.2. The lowest BCUT2D eigenvalue weighted by Crippen LogP contribution is -2.13. The van der Waals surface area contributed by atoms with Crippen molar-refractivity contribution in [2.45, 2.75) is 13.5 Å². The van der Waals surface area contributed by atoms with E-state index in [1.807, 2.05) is 0 Å². The number of amides is 2. The van der Waals surface area contributed by atoms with Gasteiger partial charge in [0.1, 0.15) is 34.7 Å². The van der Waals surface area contributed by atoms with Crippen LogP contribution in [0.1, 0.15) is 53.0 Å². The summed E-state index contributed by atoms with van der Waals surface area (Å²) in [4.78, 5) is 50.9. The van der Waals surface area contributed by atoms with Crippen molar-refractivity contribution in [3.8, 4) is 26.6 Å². The van der Waals surface area contributed by atoms with Gasteiger partial charge in [0.2, 0.25) is 0 Å². The van der Waals surface area contributed by atoms with Gasteiger partial charge in [-0.1, -0.05) is 35.9 Å².